The zero-order valence-electron chi connectivity index (χ0n) is 8.24. The molecule has 13 heavy (non-hydrogen) atoms. The highest BCUT2D eigenvalue weighted by Crippen LogP contribution is 2.20. The monoisotopic (exact) mass is 178 g/mol. The maximum absolute atomic E-state index is 11.6. The summed E-state index contributed by atoms with van der Waals surface area (Å²) in [6.45, 7) is 6.09. The van der Waals surface area contributed by atoms with Crippen molar-refractivity contribution in [3.63, 3.8) is 0 Å². The number of ketones is 1. The molecule has 1 aromatic rings. The number of hydrogen-bond donors (Lipinski definition) is 0. The van der Waals surface area contributed by atoms with Crippen molar-refractivity contribution in [3.05, 3.63) is 24.0 Å². The minimum absolute atomic E-state index is 0.00854. The van der Waals surface area contributed by atoms with Crippen molar-refractivity contribution >= 4 is 5.78 Å². The Morgan fingerprint density at radius 2 is 2.15 bits per heavy atom. The van der Waals surface area contributed by atoms with Gasteiger partial charge in [0.15, 0.2) is 5.78 Å². The Morgan fingerprint density at radius 3 is 2.62 bits per heavy atom. The van der Waals surface area contributed by atoms with Crippen LogP contribution >= 0.6 is 0 Å². The lowest BCUT2D eigenvalue weighted by molar-refractivity contribution is 0.0934. The van der Waals surface area contributed by atoms with Gasteiger partial charge in [-0.3, -0.25) is 4.79 Å². The fourth-order valence-corrected chi connectivity index (χ4v) is 1.02. The second kappa shape index (κ2) is 3.64. The molecule has 1 aromatic heterocycles. The van der Waals surface area contributed by atoms with Crippen molar-refractivity contribution in [1.82, 2.24) is 10.2 Å². The summed E-state index contributed by atoms with van der Waals surface area (Å²) in [6, 6.07) is 3.42. The van der Waals surface area contributed by atoms with Crippen molar-refractivity contribution in [2.45, 2.75) is 27.2 Å². The molecule has 0 radical (unpaired) electrons. The summed E-state index contributed by atoms with van der Waals surface area (Å²) in [4.78, 5) is 11.6. The van der Waals surface area contributed by atoms with Gasteiger partial charge in [0.25, 0.3) is 0 Å². The minimum atomic E-state index is 0.00854. The molecule has 0 aliphatic carbocycles. The van der Waals surface area contributed by atoms with Crippen molar-refractivity contribution in [2.75, 3.05) is 0 Å². The van der Waals surface area contributed by atoms with Crippen molar-refractivity contribution in [1.29, 1.82) is 0 Å². The van der Waals surface area contributed by atoms with Gasteiger partial charge in [0.2, 0.25) is 0 Å². The first-order chi connectivity index (χ1) is 5.99. The smallest absolute Gasteiger partial charge is 0.183 e. The Balaban J connectivity index is 2.71. The predicted octanol–water partition coefficient (Wildman–Crippen LogP) is 2.10. The highest BCUT2D eigenvalue weighted by Gasteiger charge is 2.17. The standard InChI is InChI=1S/C10H14N2O/c1-10(2,3)7-9(13)8-5-4-6-11-12-8/h4-6H,7H2,1-3H3. The molecule has 1 rings (SSSR count). The molecule has 3 heteroatoms. The molecule has 0 fully saturated rings. The second-order valence-corrected chi connectivity index (χ2v) is 4.27. The molecule has 0 aliphatic heterocycles. The highest BCUT2D eigenvalue weighted by atomic mass is 16.1. The van der Waals surface area contributed by atoms with Gasteiger partial charge in [0.05, 0.1) is 0 Å². The van der Waals surface area contributed by atoms with Gasteiger partial charge in [-0.2, -0.15) is 5.10 Å². The lowest BCUT2D eigenvalue weighted by Crippen LogP contribution is -2.14. The number of nitrogens with zero attached hydrogens (tertiary/aromatic N) is 2. The number of hydrogen-bond acceptors (Lipinski definition) is 3. The van der Waals surface area contributed by atoms with Crippen LogP contribution in [0.5, 0.6) is 0 Å². The molecule has 0 atom stereocenters. The number of carbonyl (C=O) groups is 1. The fourth-order valence-electron chi connectivity index (χ4n) is 1.02. The zero-order valence-corrected chi connectivity index (χ0v) is 8.24. The van der Waals surface area contributed by atoms with Gasteiger partial charge in [-0.1, -0.05) is 20.8 Å². The molecular weight excluding hydrogens is 164 g/mol. The summed E-state index contributed by atoms with van der Waals surface area (Å²) in [5, 5.41) is 7.43. The fraction of sp³-hybridized carbons (Fsp3) is 0.500. The van der Waals surface area contributed by atoms with Crippen LogP contribution in [-0.4, -0.2) is 16.0 Å². The number of rotatable bonds is 2. The summed E-state index contributed by atoms with van der Waals surface area (Å²) in [5.74, 6) is 0.0561. The van der Waals surface area contributed by atoms with E-state index < -0.39 is 0 Å². The maximum Gasteiger partial charge on any atom is 0.183 e. The van der Waals surface area contributed by atoms with Crippen molar-refractivity contribution < 1.29 is 4.79 Å². The van der Waals surface area contributed by atoms with E-state index >= 15 is 0 Å². The Morgan fingerprint density at radius 1 is 1.46 bits per heavy atom. The molecule has 0 bridgehead atoms. The van der Waals surface area contributed by atoms with E-state index in [1.165, 1.54) is 0 Å². The molecule has 3 nitrogen and oxygen atoms in total. The van der Waals surface area contributed by atoms with Crippen LogP contribution < -0.4 is 0 Å². The Hall–Kier alpha value is -1.25. The van der Waals surface area contributed by atoms with Gasteiger partial charge in [0.1, 0.15) is 5.69 Å². The molecule has 0 saturated heterocycles. The summed E-state index contributed by atoms with van der Waals surface area (Å²) in [7, 11) is 0. The molecule has 70 valence electrons. The zero-order chi connectivity index (χ0) is 9.90. The van der Waals surface area contributed by atoms with Gasteiger partial charge in [-0.15, -0.1) is 5.10 Å². The summed E-state index contributed by atoms with van der Waals surface area (Å²) < 4.78 is 0. The van der Waals surface area contributed by atoms with E-state index in [1.54, 1.807) is 18.3 Å². The first-order valence-corrected chi connectivity index (χ1v) is 4.30. The van der Waals surface area contributed by atoms with Gasteiger partial charge in [-0.25, -0.2) is 0 Å². The first-order valence-electron chi connectivity index (χ1n) is 4.30. The SMILES string of the molecule is CC(C)(C)CC(=O)c1cccnn1. The van der Waals surface area contributed by atoms with Gasteiger partial charge in [-0.05, 0) is 17.5 Å². The van der Waals surface area contributed by atoms with E-state index in [9.17, 15) is 4.79 Å². The van der Waals surface area contributed by atoms with Gasteiger partial charge >= 0.3 is 0 Å². The van der Waals surface area contributed by atoms with Crippen molar-refractivity contribution in [3.8, 4) is 0 Å². The van der Waals surface area contributed by atoms with Crippen LogP contribution in [0.15, 0.2) is 18.3 Å². The first kappa shape index (κ1) is 9.84. The van der Waals surface area contributed by atoms with Crippen LogP contribution in [0.4, 0.5) is 0 Å². The third kappa shape index (κ3) is 3.32. The van der Waals surface area contributed by atoms with E-state index in [2.05, 4.69) is 10.2 Å². The van der Waals surface area contributed by atoms with Crippen LogP contribution in [0.3, 0.4) is 0 Å². The summed E-state index contributed by atoms with van der Waals surface area (Å²) >= 11 is 0. The molecule has 0 aromatic carbocycles. The Kier molecular flexibility index (Phi) is 2.76. The second-order valence-electron chi connectivity index (χ2n) is 4.27. The number of Topliss-reactive ketones (excluding diaryl/α,β-unsaturated/α-hetero) is 1. The molecule has 0 spiro atoms. The van der Waals surface area contributed by atoms with E-state index in [0.29, 0.717) is 12.1 Å². The van der Waals surface area contributed by atoms with E-state index in [-0.39, 0.29) is 11.2 Å². The molecule has 0 unspecified atom stereocenters. The van der Waals surface area contributed by atoms with Crippen LogP contribution in [0.2, 0.25) is 0 Å². The molecule has 0 N–H and O–H groups in total. The Labute approximate surface area is 78.2 Å². The molecule has 1 heterocycles. The van der Waals surface area contributed by atoms with Crippen molar-refractivity contribution in [2.24, 2.45) is 5.41 Å². The van der Waals surface area contributed by atoms with Crippen LogP contribution in [0.1, 0.15) is 37.7 Å². The topological polar surface area (TPSA) is 42.9 Å². The third-order valence-corrected chi connectivity index (χ3v) is 1.55. The number of aromatic nitrogens is 2. The Bertz CT molecular complexity index is 288. The van der Waals surface area contributed by atoms with Crippen LogP contribution in [0, 0.1) is 5.41 Å². The summed E-state index contributed by atoms with van der Waals surface area (Å²) in [6.07, 6.45) is 2.07. The predicted molar refractivity (Wildman–Crippen MR) is 50.4 cm³/mol. The quantitative estimate of drug-likeness (QED) is 0.651. The lowest BCUT2D eigenvalue weighted by atomic mass is 9.89. The average molecular weight is 178 g/mol. The average Bonchev–Trinajstić information content (AvgIpc) is 2.03. The minimum Gasteiger partial charge on any atom is -0.292 e. The number of carbonyl (C=O) groups excluding carboxylic acids is 1. The van der Waals surface area contributed by atoms with E-state index in [1.807, 2.05) is 20.8 Å². The third-order valence-electron chi connectivity index (χ3n) is 1.55. The summed E-state index contributed by atoms with van der Waals surface area (Å²) in [5.41, 5.74) is 0.464. The van der Waals surface area contributed by atoms with Gasteiger partial charge in [0, 0.05) is 12.6 Å². The van der Waals surface area contributed by atoms with Gasteiger partial charge < -0.3 is 0 Å². The van der Waals surface area contributed by atoms with Crippen LogP contribution in [0.25, 0.3) is 0 Å². The largest absolute Gasteiger partial charge is 0.292 e. The molecule has 0 amide bonds. The highest BCUT2D eigenvalue weighted by molar-refractivity contribution is 5.94. The molecule has 0 saturated carbocycles. The molecule has 0 aliphatic rings. The van der Waals surface area contributed by atoms with E-state index in [0.717, 1.165) is 0 Å². The normalized spacial score (nSPS) is 11.3. The van der Waals surface area contributed by atoms with E-state index in [4.69, 9.17) is 0 Å². The van der Waals surface area contributed by atoms with Crippen LogP contribution in [-0.2, 0) is 0 Å². The lowest BCUT2D eigenvalue weighted by Gasteiger charge is -2.15. The molecular formula is C10H14N2O. The maximum atomic E-state index is 11.6.